The van der Waals surface area contributed by atoms with Crippen molar-refractivity contribution in [2.24, 2.45) is 5.10 Å². The summed E-state index contributed by atoms with van der Waals surface area (Å²) in [4.78, 5) is 12.2. The lowest BCUT2D eigenvalue weighted by Gasteiger charge is -2.32. The van der Waals surface area contributed by atoms with Gasteiger partial charge >= 0.3 is 6.18 Å². The number of carbonyl (C=O) groups excluding carboxylic acids is 1. The first-order chi connectivity index (χ1) is 10.1. The van der Waals surface area contributed by atoms with Gasteiger partial charge in [0.2, 0.25) is 0 Å². The molecule has 1 aliphatic heterocycles. The summed E-state index contributed by atoms with van der Waals surface area (Å²) in [5.41, 5.74) is -3.97. The van der Waals surface area contributed by atoms with Gasteiger partial charge in [-0.05, 0) is 18.6 Å². The number of phenols is 2. The van der Waals surface area contributed by atoms with Crippen LogP contribution in [0.15, 0.2) is 23.3 Å². The van der Waals surface area contributed by atoms with Crippen molar-refractivity contribution >= 4 is 11.6 Å². The van der Waals surface area contributed by atoms with E-state index in [1.807, 2.05) is 0 Å². The Labute approximate surface area is 123 Å². The summed E-state index contributed by atoms with van der Waals surface area (Å²) in [6.45, 7) is 1.54. The lowest BCUT2D eigenvalue weighted by molar-refractivity contribution is -0.297. The topological polar surface area (TPSA) is 93.4 Å². The lowest BCUT2D eigenvalue weighted by Crippen LogP contribution is -2.56. The van der Waals surface area contributed by atoms with Crippen molar-refractivity contribution in [3.8, 4) is 11.5 Å². The van der Waals surface area contributed by atoms with Crippen molar-refractivity contribution in [1.29, 1.82) is 0 Å². The molecule has 22 heavy (non-hydrogen) atoms. The normalized spacial score (nSPS) is 21.9. The van der Waals surface area contributed by atoms with Gasteiger partial charge in [-0.15, -0.1) is 0 Å². The molecule has 1 aromatic rings. The molecule has 0 saturated carbocycles. The van der Waals surface area contributed by atoms with E-state index < -0.39 is 35.5 Å². The van der Waals surface area contributed by atoms with Crippen LogP contribution in [0.3, 0.4) is 0 Å². The largest absolute Gasteiger partial charge is 0.508 e. The van der Waals surface area contributed by atoms with Gasteiger partial charge in [-0.1, -0.05) is 6.92 Å². The van der Waals surface area contributed by atoms with Gasteiger partial charge in [0.05, 0.1) is 5.56 Å². The smallest absolute Gasteiger partial charge is 0.438 e. The Hall–Kier alpha value is -2.29. The molecule has 0 saturated heterocycles. The van der Waals surface area contributed by atoms with Gasteiger partial charge < -0.3 is 15.3 Å². The van der Waals surface area contributed by atoms with E-state index in [4.69, 9.17) is 5.11 Å². The average molecular weight is 318 g/mol. The number of rotatable bonds is 2. The standard InChI is InChI=1S/C13H13F3N2O4/c1-2-7-6-12(22,13(14,15)16)18(17-7)11(21)9-4-3-8(19)5-10(9)20/h3-5,19-20,22H,2,6H2,1H3. The van der Waals surface area contributed by atoms with Gasteiger partial charge in [0.15, 0.2) is 0 Å². The number of benzene rings is 1. The van der Waals surface area contributed by atoms with E-state index >= 15 is 0 Å². The van der Waals surface area contributed by atoms with Crippen LogP contribution in [0, 0.1) is 0 Å². The lowest BCUT2D eigenvalue weighted by atomic mass is 10.0. The fourth-order valence-electron chi connectivity index (χ4n) is 2.06. The molecule has 0 spiro atoms. The fourth-order valence-corrected chi connectivity index (χ4v) is 2.06. The monoisotopic (exact) mass is 318 g/mol. The van der Waals surface area contributed by atoms with Crippen molar-refractivity contribution in [1.82, 2.24) is 5.01 Å². The molecule has 120 valence electrons. The summed E-state index contributed by atoms with van der Waals surface area (Å²) < 4.78 is 39.4. The first-order valence-electron chi connectivity index (χ1n) is 6.32. The number of nitrogens with zero attached hydrogens (tertiary/aromatic N) is 2. The van der Waals surface area contributed by atoms with Crippen LogP contribution >= 0.6 is 0 Å². The number of hydrogen-bond donors (Lipinski definition) is 3. The van der Waals surface area contributed by atoms with Crippen LogP contribution in [-0.4, -0.2) is 43.8 Å². The predicted octanol–water partition coefficient (Wildman–Crippen LogP) is 1.96. The molecule has 1 heterocycles. The number of hydrazone groups is 1. The Kier molecular flexibility index (Phi) is 3.78. The number of carbonyl (C=O) groups is 1. The van der Waals surface area contributed by atoms with Gasteiger partial charge in [0.25, 0.3) is 11.6 Å². The summed E-state index contributed by atoms with van der Waals surface area (Å²) in [6, 6.07) is 2.78. The number of aliphatic hydroxyl groups is 1. The van der Waals surface area contributed by atoms with Crippen LogP contribution in [0.5, 0.6) is 11.5 Å². The molecular formula is C13H13F3N2O4. The number of amides is 1. The van der Waals surface area contributed by atoms with Crippen molar-refractivity contribution < 1.29 is 33.3 Å². The molecule has 1 aliphatic rings. The maximum absolute atomic E-state index is 13.1. The Morgan fingerprint density at radius 2 is 2.05 bits per heavy atom. The maximum atomic E-state index is 13.1. The molecule has 1 amide bonds. The zero-order valence-corrected chi connectivity index (χ0v) is 11.4. The van der Waals surface area contributed by atoms with E-state index in [0.29, 0.717) is 0 Å². The zero-order chi connectivity index (χ0) is 16.7. The van der Waals surface area contributed by atoms with Crippen LogP contribution < -0.4 is 0 Å². The van der Waals surface area contributed by atoms with E-state index in [0.717, 1.165) is 18.2 Å². The molecule has 9 heteroatoms. The number of halogens is 3. The minimum Gasteiger partial charge on any atom is -0.508 e. The minimum atomic E-state index is -5.12. The van der Waals surface area contributed by atoms with Crippen molar-refractivity contribution in [2.45, 2.75) is 31.7 Å². The second-order valence-electron chi connectivity index (χ2n) is 4.83. The van der Waals surface area contributed by atoms with E-state index in [1.54, 1.807) is 6.92 Å². The van der Waals surface area contributed by atoms with Crippen LogP contribution in [-0.2, 0) is 0 Å². The van der Waals surface area contributed by atoms with Crippen LogP contribution in [0.25, 0.3) is 0 Å². The molecule has 1 aromatic carbocycles. The number of aromatic hydroxyl groups is 2. The molecular weight excluding hydrogens is 305 g/mol. The first-order valence-corrected chi connectivity index (χ1v) is 6.32. The van der Waals surface area contributed by atoms with Gasteiger partial charge in [-0.2, -0.15) is 23.3 Å². The second-order valence-corrected chi connectivity index (χ2v) is 4.83. The molecule has 1 unspecified atom stereocenters. The number of hydrogen-bond acceptors (Lipinski definition) is 5. The summed E-state index contributed by atoms with van der Waals surface area (Å²) >= 11 is 0. The highest BCUT2D eigenvalue weighted by Gasteiger charge is 2.63. The summed E-state index contributed by atoms with van der Waals surface area (Å²) in [5, 5.41) is 32.1. The van der Waals surface area contributed by atoms with Crippen molar-refractivity contribution in [2.75, 3.05) is 0 Å². The molecule has 0 aliphatic carbocycles. The molecule has 0 bridgehead atoms. The quantitative estimate of drug-likeness (QED) is 0.777. The summed E-state index contributed by atoms with van der Waals surface area (Å²) in [7, 11) is 0. The van der Waals surface area contributed by atoms with E-state index in [9.17, 15) is 28.2 Å². The highest BCUT2D eigenvalue weighted by Crippen LogP contribution is 2.42. The second kappa shape index (κ2) is 5.16. The minimum absolute atomic E-state index is 0.00597. The number of phenolic OH excluding ortho intramolecular Hbond substituents is 2. The van der Waals surface area contributed by atoms with E-state index in [-0.39, 0.29) is 22.9 Å². The predicted molar refractivity (Wildman–Crippen MR) is 69.3 cm³/mol. The SMILES string of the molecule is CCC1=NN(C(=O)c2ccc(O)cc2O)C(O)(C(F)(F)F)C1. The Bertz CT molecular complexity index is 645. The summed E-state index contributed by atoms with van der Waals surface area (Å²) in [5.74, 6) is -2.39. The fraction of sp³-hybridized carbons (Fsp3) is 0.385. The van der Waals surface area contributed by atoms with Crippen LogP contribution in [0.1, 0.15) is 30.1 Å². The highest BCUT2D eigenvalue weighted by molar-refractivity contribution is 6.00. The molecule has 0 fully saturated rings. The molecule has 1 atom stereocenters. The number of alkyl halides is 3. The van der Waals surface area contributed by atoms with E-state index in [2.05, 4.69) is 5.10 Å². The van der Waals surface area contributed by atoms with Gasteiger partial charge in [0, 0.05) is 18.2 Å². The third kappa shape index (κ3) is 2.47. The molecule has 2 rings (SSSR count). The first kappa shape index (κ1) is 16.1. The summed E-state index contributed by atoms with van der Waals surface area (Å²) in [6.07, 6.45) is -5.84. The Morgan fingerprint density at radius 1 is 1.41 bits per heavy atom. The zero-order valence-electron chi connectivity index (χ0n) is 11.4. The molecule has 0 radical (unpaired) electrons. The van der Waals surface area contributed by atoms with Gasteiger partial charge in [-0.3, -0.25) is 4.79 Å². The maximum Gasteiger partial charge on any atom is 0.438 e. The Morgan fingerprint density at radius 3 is 2.55 bits per heavy atom. The van der Waals surface area contributed by atoms with Gasteiger partial charge in [-0.25, -0.2) is 0 Å². The van der Waals surface area contributed by atoms with Crippen molar-refractivity contribution in [3.63, 3.8) is 0 Å². The van der Waals surface area contributed by atoms with E-state index in [1.165, 1.54) is 0 Å². The van der Waals surface area contributed by atoms with Gasteiger partial charge in [0.1, 0.15) is 11.5 Å². The Balaban J connectivity index is 2.47. The highest BCUT2D eigenvalue weighted by atomic mass is 19.4. The van der Waals surface area contributed by atoms with Crippen molar-refractivity contribution in [3.05, 3.63) is 23.8 Å². The molecule has 3 N–H and O–H groups in total. The van der Waals surface area contributed by atoms with Crippen LogP contribution in [0.4, 0.5) is 13.2 Å². The van der Waals surface area contributed by atoms with Crippen LogP contribution in [0.2, 0.25) is 0 Å². The average Bonchev–Trinajstić information content (AvgIpc) is 2.76. The molecule has 6 nitrogen and oxygen atoms in total. The third-order valence-electron chi connectivity index (χ3n) is 3.31. The third-order valence-corrected chi connectivity index (χ3v) is 3.31. The molecule has 0 aromatic heterocycles.